The van der Waals surface area contributed by atoms with Gasteiger partial charge in [-0.3, -0.25) is 0 Å². The molecule has 0 bridgehead atoms. The predicted octanol–water partition coefficient (Wildman–Crippen LogP) is 2.10. The first-order chi connectivity index (χ1) is 5.66. The van der Waals surface area contributed by atoms with Gasteiger partial charge in [0.05, 0.1) is 6.61 Å². The number of ether oxygens (including phenoxy) is 1. The van der Waals surface area contributed by atoms with Crippen LogP contribution in [0.4, 0.5) is 4.39 Å². The minimum atomic E-state index is -0.263. The lowest BCUT2D eigenvalue weighted by atomic mass is 10.1. The van der Waals surface area contributed by atoms with Gasteiger partial charge in [-0.1, -0.05) is 0 Å². The fraction of sp³-hybridized carbons (Fsp3) is 0.556. The molecular formula is C9H14FNO. The number of rotatable bonds is 2. The molecule has 0 saturated carbocycles. The zero-order valence-corrected chi connectivity index (χ0v) is 7.70. The van der Waals surface area contributed by atoms with Crippen LogP contribution in [-0.4, -0.2) is 13.2 Å². The molecule has 68 valence electrons. The van der Waals surface area contributed by atoms with Crippen molar-refractivity contribution in [2.24, 2.45) is 0 Å². The molecule has 0 atom stereocenters. The Bertz CT molecular complexity index is 239. The minimum absolute atomic E-state index is 0.263. The fourth-order valence-corrected chi connectivity index (χ4v) is 1.04. The van der Waals surface area contributed by atoms with E-state index in [0.29, 0.717) is 18.7 Å². The van der Waals surface area contributed by atoms with Crippen LogP contribution in [0.25, 0.3) is 0 Å². The first-order valence-electron chi connectivity index (χ1n) is 4.10. The monoisotopic (exact) mass is 171 g/mol. The number of nitrogens with one attached hydrogen (secondary N) is 1. The lowest BCUT2D eigenvalue weighted by molar-refractivity contribution is 0.194. The quantitative estimate of drug-likeness (QED) is 0.687. The van der Waals surface area contributed by atoms with Crippen molar-refractivity contribution in [3.63, 3.8) is 0 Å². The van der Waals surface area contributed by atoms with E-state index in [-0.39, 0.29) is 11.7 Å². The highest BCUT2D eigenvalue weighted by Gasteiger charge is 2.16. The molecule has 0 fully saturated rings. The number of allylic oxidation sites excluding steroid dienone is 2. The zero-order valence-electron chi connectivity index (χ0n) is 7.70. The summed E-state index contributed by atoms with van der Waals surface area (Å²) in [7, 11) is 0. The van der Waals surface area contributed by atoms with Gasteiger partial charge in [0.25, 0.3) is 0 Å². The topological polar surface area (TPSA) is 21.3 Å². The minimum Gasteiger partial charge on any atom is -0.477 e. The van der Waals surface area contributed by atoms with Crippen molar-refractivity contribution in [2.45, 2.75) is 20.8 Å². The molecule has 0 radical (unpaired) electrons. The molecule has 0 amide bonds. The van der Waals surface area contributed by atoms with Crippen LogP contribution in [-0.2, 0) is 4.74 Å². The zero-order chi connectivity index (χ0) is 9.14. The highest BCUT2D eigenvalue weighted by molar-refractivity contribution is 5.34. The van der Waals surface area contributed by atoms with Crippen LogP contribution < -0.4 is 5.32 Å². The average molecular weight is 171 g/mol. The standard InChI is InChI=1S/C9H14FNO/c1-4-12-9-8(10)7(3)6(2)5-11-9/h11H,4-5H2,1-3H3. The molecule has 2 nitrogen and oxygen atoms in total. The fourth-order valence-electron chi connectivity index (χ4n) is 1.04. The summed E-state index contributed by atoms with van der Waals surface area (Å²) < 4.78 is 18.4. The third kappa shape index (κ3) is 1.60. The Morgan fingerprint density at radius 2 is 2.17 bits per heavy atom. The van der Waals surface area contributed by atoms with Crippen molar-refractivity contribution in [1.82, 2.24) is 5.32 Å². The third-order valence-corrected chi connectivity index (χ3v) is 1.97. The van der Waals surface area contributed by atoms with E-state index in [1.54, 1.807) is 6.92 Å². The Morgan fingerprint density at radius 3 is 2.75 bits per heavy atom. The van der Waals surface area contributed by atoms with E-state index in [4.69, 9.17) is 4.74 Å². The van der Waals surface area contributed by atoms with Crippen LogP contribution in [0.2, 0.25) is 0 Å². The molecule has 0 saturated heterocycles. The summed E-state index contributed by atoms with van der Waals surface area (Å²) >= 11 is 0. The lowest BCUT2D eigenvalue weighted by Gasteiger charge is -2.19. The number of hydrogen-bond acceptors (Lipinski definition) is 2. The number of halogens is 1. The van der Waals surface area contributed by atoms with E-state index in [1.165, 1.54) is 0 Å². The van der Waals surface area contributed by atoms with Crippen LogP contribution in [0, 0.1) is 0 Å². The normalized spacial score (nSPS) is 18.0. The maximum Gasteiger partial charge on any atom is 0.224 e. The maximum absolute atomic E-state index is 13.3. The smallest absolute Gasteiger partial charge is 0.224 e. The molecule has 0 aromatic carbocycles. The van der Waals surface area contributed by atoms with Gasteiger partial charge in [0.1, 0.15) is 0 Å². The average Bonchev–Trinajstić information content (AvgIpc) is 2.07. The molecular weight excluding hydrogens is 157 g/mol. The molecule has 0 spiro atoms. The van der Waals surface area contributed by atoms with Crippen molar-refractivity contribution in [1.29, 1.82) is 0 Å². The molecule has 1 heterocycles. The molecule has 0 unspecified atom stereocenters. The summed E-state index contributed by atoms with van der Waals surface area (Å²) in [5.74, 6) is 0.0150. The summed E-state index contributed by atoms with van der Waals surface area (Å²) in [5.41, 5.74) is 1.72. The summed E-state index contributed by atoms with van der Waals surface area (Å²) in [6, 6.07) is 0. The Labute approximate surface area is 72.1 Å². The van der Waals surface area contributed by atoms with Crippen molar-refractivity contribution < 1.29 is 9.13 Å². The van der Waals surface area contributed by atoms with Crippen LogP contribution in [0.15, 0.2) is 22.9 Å². The van der Waals surface area contributed by atoms with E-state index in [2.05, 4.69) is 5.32 Å². The van der Waals surface area contributed by atoms with Gasteiger partial charge in [-0.2, -0.15) is 0 Å². The van der Waals surface area contributed by atoms with Gasteiger partial charge in [-0.05, 0) is 31.9 Å². The van der Waals surface area contributed by atoms with E-state index in [1.807, 2.05) is 13.8 Å². The molecule has 1 aliphatic rings. The maximum atomic E-state index is 13.3. The van der Waals surface area contributed by atoms with Crippen molar-refractivity contribution >= 4 is 0 Å². The molecule has 12 heavy (non-hydrogen) atoms. The highest BCUT2D eigenvalue weighted by atomic mass is 19.1. The Hall–Kier alpha value is -0.990. The predicted molar refractivity (Wildman–Crippen MR) is 46.1 cm³/mol. The summed E-state index contributed by atoms with van der Waals surface area (Å²) in [6.45, 7) is 6.67. The first kappa shape index (κ1) is 9.10. The van der Waals surface area contributed by atoms with Crippen molar-refractivity contribution in [2.75, 3.05) is 13.2 Å². The lowest BCUT2D eigenvalue weighted by Crippen LogP contribution is -2.24. The molecule has 1 aliphatic heterocycles. The van der Waals surface area contributed by atoms with Gasteiger partial charge in [0.15, 0.2) is 5.83 Å². The van der Waals surface area contributed by atoms with Gasteiger partial charge in [0.2, 0.25) is 5.88 Å². The van der Waals surface area contributed by atoms with Gasteiger partial charge in [-0.15, -0.1) is 0 Å². The van der Waals surface area contributed by atoms with Crippen LogP contribution in [0.3, 0.4) is 0 Å². The van der Waals surface area contributed by atoms with Gasteiger partial charge in [-0.25, -0.2) is 4.39 Å². The van der Waals surface area contributed by atoms with Gasteiger partial charge in [0, 0.05) is 6.54 Å². The molecule has 0 aliphatic carbocycles. The second kappa shape index (κ2) is 3.61. The van der Waals surface area contributed by atoms with E-state index >= 15 is 0 Å². The SMILES string of the molecule is CCOC1=C(F)C(C)=C(C)CN1. The Balaban J connectivity index is 2.87. The van der Waals surface area contributed by atoms with Gasteiger partial charge < -0.3 is 10.1 Å². The van der Waals surface area contributed by atoms with E-state index in [0.717, 1.165) is 5.57 Å². The largest absolute Gasteiger partial charge is 0.477 e. The third-order valence-electron chi connectivity index (χ3n) is 1.97. The first-order valence-corrected chi connectivity index (χ1v) is 4.10. The van der Waals surface area contributed by atoms with E-state index in [9.17, 15) is 4.39 Å². The Morgan fingerprint density at radius 1 is 1.50 bits per heavy atom. The molecule has 1 rings (SSSR count). The van der Waals surface area contributed by atoms with Crippen molar-refractivity contribution in [3.8, 4) is 0 Å². The second-order valence-corrected chi connectivity index (χ2v) is 2.84. The van der Waals surface area contributed by atoms with Crippen LogP contribution in [0.1, 0.15) is 20.8 Å². The summed E-state index contributed by atoms with van der Waals surface area (Å²) in [6.07, 6.45) is 0. The van der Waals surface area contributed by atoms with Crippen LogP contribution in [0.5, 0.6) is 0 Å². The Kier molecular flexibility index (Phi) is 2.74. The van der Waals surface area contributed by atoms with Crippen molar-refractivity contribution in [3.05, 3.63) is 22.9 Å². The summed E-state index contributed by atoms with van der Waals surface area (Å²) in [5, 5.41) is 2.87. The second-order valence-electron chi connectivity index (χ2n) is 2.84. The molecule has 0 aromatic rings. The van der Waals surface area contributed by atoms with E-state index < -0.39 is 0 Å². The summed E-state index contributed by atoms with van der Waals surface area (Å²) in [4.78, 5) is 0. The number of hydrogen-bond donors (Lipinski definition) is 1. The number of dihydropyridines is 1. The molecule has 3 heteroatoms. The molecule has 1 N–H and O–H groups in total. The molecule has 0 aromatic heterocycles. The van der Waals surface area contributed by atoms with Gasteiger partial charge >= 0.3 is 0 Å². The highest BCUT2D eigenvalue weighted by Crippen LogP contribution is 2.22. The van der Waals surface area contributed by atoms with Crippen LogP contribution >= 0.6 is 0 Å².